The molecule has 0 bridgehead atoms. The maximum absolute atomic E-state index is 9.00. The highest BCUT2D eigenvalue weighted by molar-refractivity contribution is 5.63. The molecule has 4 N–H and O–H groups in total. The summed E-state index contributed by atoms with van der Waals surface area (Å²) in [4.78, 5) is 18.0. The van der Waals surface area contributed by atoms with Gasteiger partial charge in [0.2, 0.25) is 0 Å². The first-order valence-corrected chi connectivity index (χ1v) is 7.13. The van der Waals surface area contributed by atoms with Crippen molar-refractivity contribution in [2.24, 2.45) is 0 Å². The number of carboxylic acids is 2. The fourth-order valence-electron chi connectivity index (χ4n) is 0.638. The lowest BCUT2D eigenvalue weighted by molar-refractivity contribution is -0.135. The summed E-state index contributed by atoms with van der Waals surface area (Å²) in [6, 6.07) is 0. The Balaban J connectivity index is -0.000000112. The molecule has 0 aliphatic rings. The second-order valence-corrected chi connectivity index (χ2v) is 3.49. The summed E-state index contributed by atoms with van der Waals surface area (Å²) in [5.74, 6) is -1.67. The van der Waals surface area contributed by atoms with Crippen LogP contribution in [0.3, 0.4) is 0 Å². The van der Waals surface area contributed by atoms with Crippen LogP contribution in [0.25, 0.3) is 0 Å². The van der Waals surface area contributed by atoms with Gasteiger partial charge in [0, 0.05) is 27.1 Å². The van der Waals surface area contributed by atoms with Gasteiger partial charge in [0.1, 0.15) is 0 Å². The van der Waals surface area contributed by atoms with Crippen LogP contribution in [-0.4, -0.2) is 85.2 Å². The number of aliphatic hydroxyl groups is 2. The highest BCUT2D eigenvalue weighted by atomic mass is 16.5. The van der Waals surface area contributed by atoms with Crippen molar-refractivity contribution in [2.45, 2.75) is 27.7 Å². The molecule has 0 aromatic rings. The van der Waals surface area contributed by atoms with Crippen molar-refractivity contribution in [3.8, 4) is 0 Å². The van der Waals surface area contributed by atoms with Gasteiger partial charge in [-0.1, -0.05) is 0 Å². The first-order valence-electron chi connectivity index (χ1n) is 7.13. The Morgan fingerprint density at radius 3 is 1.22 bits per heavy atom. The van der Waals surface area contributed by atoms with Crippen LogP contribution in [0.15, 0.2) is 0 Å². The molecule has 0 atom stereocenters. The van der Waals surface area contributed by atoms with Crippen LogP contribution < -0.4 is 0 Å². The predicted molar refractivity (Wildman–Crippen MR) is 84.6 cm³/mol. The number of hydrogen-bond acceptors (Lipinski definition) is 7. The molecule has 0 unspecified atom stereocenters. The van der Waals surface area contributed by atoms with Crippen LogP contribution in [0.4, 0.5) is 0 Å². The summed E-state index contributed by atoms with van der Waals surface area (Å²) in [7, 11) is 0. The zero-order chi connectivity index (χ0) is 18.9. The third kappa shape index (κ3) is 122. The van der Waals surface area contributed by atoms with Crippen LogP contribution in [0, 0.1) is 0 Å². The van der Waals surface area contributed by atoms with Gasteiger partial charge in [0.15, 0.2) is 0 Å². The summed E-state index contributed by atoms with van der Waals surface area (Å²) in [6.07, 6.45) is 0. The third-order valence-corrected chi connectivity index (χ3v) is 1.25. The van der Waals surface area contributed by atoms with E-state index in [1.54, 1.807) is 0 Å². The molecular formula is C14H32O9. The van der Waals surface area contributed by atoms with Crippen LogP contribution in [0.5, 0.6) is 0 Å². The number of aliphatic hydroxyl groups excluding tert-OH is 2. The zero-order valence-corrected chi connectivity index (χ0v) is 14.5. The van der Waals surface area contributed by atoms with E-state index >= 15 is 0 Å². The van der Waals surface area contributed by atoms with E-state index in [9.17, 15) is 0 Å². The summed E-state index contributed by atoms with van der Waals surface area (Å²) in [5.41, 5.74) is 0. The summed E-state index contributed by atoms with van der Waals surface area (Å²) in [6.45, 7) is 9.72. The SMILES string of the molecule is CC(=O)O.CC(=O)O.CCOCCO.CCOCCOCCO. The van der Waals surface area contributed by atoms with Crippen LogP contribution in [0.1, 0.15) is 27.7 Å². The molecule has 0 radical (unpaired) electrons. The topological polar surface area (TPSA) is 143 Å². The van der Waals surface area contributed by atoms with Gasteiger partial charge < -0.3 is 34.6 Å². The molecule has 0 rings (SSSR count). The van der Waals surface area contributed by atoms with E-state index in [2.05, 4.69) is 0 Å². The lowest BCUT2D eigenvalue weighted by Gasteiger charge is -2.00. The summed E-state index contributed by atoms with van der Waals surface area (Å²) >= 11 is 0. The second-order valence-electron chi connectivity index (χ2n) is 3.49. The smallest absolute Gasteiger partial charge is 0.300 e. The van der Waals surface area contributed by atoms with Crippen molar-refractivity contribution < 1.29 is 44.2 Å². The van der Waals surface area contributed by atoms with Crippen molar-refractivity contribution >= 4 is 11.9 Å². The Bertz CT molecular complexity index is 192. The Morgan fingerprint density at radius 1 is 0.696 bits per heavy atom. The van der Waals surface area contributed by atoms with E-state index in [4.69, 9.17) is 44.2 Å². The lowest BCUT2D eigenvalue weighted by atomic mass is 10.7. The number of carbonyl (C=O) groups is 2. The molecule has 0 fully saturated rings. The Labute approximate surface area is 137 Å². The first-order chi connectivity index (χ1) is 10.8. The molecule has 0 spiro atoms. The first kappa shape index (κ1) is 29.7. The van der Waals surface area contributed by atoms with Crippen molar-refractivity contribution in [1.82, 2.24) is 0 Å². The molecule has 0 saturated carbocycles. The third-order valence-electron chi connectivity index (χ3n) is 1.25. The van der Waals surface area contributed by atoms with E-state index in [1.165, 1.54) is 0 Å². The molecule has 142 valence electrons. The highest BCUT2D eigenvalue weighted by Gasteiger charge is 1.84. The quantitative estimate of drug-likeness (QED) is 0.432. The number of rotatable bonds is 9. The minimum atomic E-state index is -0.833. The van der Waals surface area contributed by atoms with Crippen LogP contribution in [-0.2, 0) is 23.8 Å². The fraction of sp³-hybridized carbons (Fsp3) is 0.857. The predicted octanol–water partition coefficient (Wildman–Crippen LogP) is 0.229. The molecule has 0 aliphatic heterocycles. The summed E-state index contributed by atoms with van der Waals surface area (Å²) < 4.78 is 14.6. The Hall–Kier alpha value is -1.26. The number of aliphatic carboxylic acids is 2. The zero-order valence-electron chi connectivity index (χ0n) is 14.5. The van der Waals surface area contributed by atoms with Crippen LogP contribution in [0.2, 0.25) is 0 Å². The van der Waals surface area contributed by atoms with Crippen molar-refractivity contribution in [3.63, 3.8) is 0 Å². The van der Waals surface area contributed by atoms with Crippen molar-refractivity contribution in [3.05, 3.63) is 0 Å². The van der Waals surface area contributed by atoms with Crippen molar-refractivity contribution in [1.29, 1.82) is 0 Å². The minimum absolute atomic E-state index is 0.0894. The van der Waals surface area contributed by atoms with E-state index < -0.39 is 11.9 Å². The molecule has 0 amide bonds. The van der Waals surface area contributed by atoms with Gasteiger partial charge in [0.25, 0.3) is 11.9 Å². The standard InChI is InChI=1S/C6H14O3.C4H10O2.2C2H4O2/c1-2-8-5-6-9-4-3-7;1-2-6-4-3-5;2*1-2(3)4/h7H,2-6H2,1H3;5H,2-4H2,1H3;2*1H3,(H,3,4). The number of hydrogen-bond donors (Lipinski definition) is 4. The average Bonchev–Trinajstić information content (AvgIpc) is 2.44. The largest absolute Gasteiger partial charge is 0.481 e. The van der Waals surface area contributed by atoms with Crippen LogP contribution >= 0.6 is 0 Å². The summed E-state index contributed by atoms with van der Waals surface area (Å²) in [5, 5.41) is 31.2. The van der Waals surface area contributed by atoms with Gasteiger partial charge in [-0.15, -0.1) is 0 Å². The molecule has 23 heavy (non-hydrogen) atoms. The normalized spacial score (nSPS) is 8.43. The van der Waals surface area contributed by atoms with E-state index in [1.807, 2.05) is 13.8 Å². The van der Waals surface area contributed by atoms with E-state index in [0.717, 1.165) is 20.5 Å². The van der Waals surface area contributed by atoms with Gasteiger partial charge in [-0.2, -0.15) is 0 Å². The molecule has 0 aliphatic carbocycles. The molecule has 0 aromatic heterocycles. The van der Waals surface area contributed by atoms with Gasteiger partial charge in [-0.05, 0) is 13.8 Å². The average molecular weight is 344 g/mol. The van der Waals surface area contributed by atoms with Gasteiger partial charge >= 0.3 is 0 Å². The molecule has 9 heteroatoms. The highest BCUT2D eigenvalue weighted by Crippen LogP contribution is 1.76. The Morgan fingerprint density at radius 2 is 0.957 bits per heavy atom. The van der Waals surface area contributed by atoms with Gasteiger partial charge in [0.05, 0.1) is 39.6 Å². The number of carboxylic acid groups (broad SMARTS) is 2. The van der Waals surface area contributed by atoms with Crippen molar-refractivity contribution in [2.75, 3.05) is 52.9 Å². The second kappa shape index (κ2) is 32.6. The monoisotopic (exact) mass is 344 g/mol. The fourth-order valence-corrected chi connectivity index (χ4v) is 0.638. The molecule has 0 saturated heterocycles. The lowest BCUT2D eigenvalue weighted by Crippen LogP contribution is -2.06. The maximum Gasteiger partial charge on any atom is 0.300 e. The Kier molecular flexibility index (Phi) is 42.1. The minimum Gasteiger partial charge on any atom is -0.481 e. The molecule has 0 heterocycles. The molecule has 9 nitrogen and oxygen atoms in total. The van der Waals surface area contributed by atoms with Gasteiger partial charge in [-0.3, -0.25) is 9.59 Å². The maximum atomic E-state index is 9.00. The molecular weight excluding hydrogens is 312 g/mol. The molecule has 0 aromatic carbocycles. The van der Waals surface area contributed by atoms with E-state index in [-0.39, 0.29) is 13.2 Å². The number of ether oxygens (including phenoxy) is 3. The van der Waals surface area contributed by atoms with Gasteiger partial charge in [-0.25, -0.2) is 0 Å². The van der Waals surface area contributed by atoms with E-state index in [0.29, 0.717) is 33.0 Å².